The maximum Gasteiger partial charge on any atom is 0.269 e. The van der Waals surface area contributed by atoms with Crippen molar-refractivity contribution in [3.63, 3.8) is 0 Å². The molecule has 3 aliphatic rings. The summed E-state index contributed by atoms with van der Waals surface area (Å²) >= 11 is 0. The van der Waals surface area contributed by atoms with E-state index in [1.807, 2.05) is 99.0 Å². The van der Waals surface area contributed by atoms with E-state index in [0.29, 0.717) is 47.0 Å². The summed E-state index contributed by atoms with van der Waals surface area (Å²) in [6.45, 7) is 6.01. The highest BCUT2D eigenvalue weighted by Crippen LogP contribution is 2.59. The van der Waals surface area contributed by atoms with Crippen molar-refractivity contribution in [2.24, 2.45) is 5.92 Å². The second-order valence-electron chi connectivity index (χ2n) is 12.9. The van der Waals surface area contributed by atoms with Gasteiger partial charge in [0, 0.05) is 41.1 Å². The normalized spacial score (nSPS) is 24.5. The van der Waals surface area contributed by atoms with Gasteiger partial charge in [-0.05, 0) is 55.4 Å². The van der Waals surface area contributed by atoms with Crippen molar-refractivity contribution in [3.8, 4) is 5.75 Å². The van der Waals surface area contributed by atoms with Crippen LogP contribution in [0.1, 0.15) is 36.1 Å². The number of hydrogen-bond acceptors (Lipinski definition) is 8. The van der Waals surface area contributed by atoms with Gasteiger partial charge in [0.25, 0.3) is 11.8 Å². The van der Waals surface area contributed by atoms with Gasteiger partial charge in [-0.1, -0.05) is 54.6 Å². The first-order valence-corrected chi connectivity index (χ1v) is 18.6. The van der Waals surface area contributed by atoms with E-state index in [1.54, 1.807) is 9.58 Å². The summed E-state index contributed by atoms with van der Waals surface area (Å²) in [5.41, 5.74) is 2.53. The highest BCUT2D eigenvalue weighted by atomic mass is 28.4. The van der Waals surface area contributed by atoms with Crippen LogP contribution >= 0.6 is 0 Å². The van der Waals surface area contributed by atoms with Crippen molar-refractivity contribution in [1.82, 2.24) is 15.0 Å². The number of para-hydroxylation sites is 2. The number of rotatable bonds is 8. The average molecular weight is 640 g/mol. The first-order chi connectivity index (χ1) is 22.1. The summed E-state index contributed by atoms with van der Waals surface area (Å²) in [5, 5.41) is 21.8. The second-order valence-corrected chi connectivity index (χ2v) is 16.8. The topological polar surface area (TPSA) is 139 Å². The van der Waals surface area contributed by atoms with Crippen molar-refractivity contribution in [3.05, 3.63) is 95.8 Å². The fourth-order valence-electron chi connectivity index (χ4n) is 7.58. The number of carbonyl (C=O) groups is 2. The van der Waals surface area contributed by atoms with E-state index in [9.17, 15) is 19.5 Å². The molecule has 46 heavy (non-hydrogen) atoms. The van der Waals surface area contributed by atoms with Crippen LogP contribution in [0.15, 0.2) is 79.0 Å². The number of aliphatic hydroxyl groups excluding tert-OH is 1. The molecule has 238 valence electrons. The van der Waals surface area contributed by atoms with Gasteiger partial charge in [0.15, 0.2) is 20.5 Å². The SMILES string of the molecule is C[C@@H]1[C@@H]([Si](C)(C)O)[C@H](CCn2cc(C(CO)c3ccccc3)nn2)O[C@@]12C(=O)Nc1ccc(N3C(=O)COc4ccccc43)cc12. The lowest BCUT2D eigenvalue weighted by Gasteiger charge is -2.33. The molecule has 1 aromatic heterocycles. The number of hydrogen-bond donors (Lipinski definition) is 3. The zero-order valence-electron chi connectivity index (χ0n) is 26.0. The van der Waals surface area contributed by atoms with Gasteiger partial charge in [-0.3, -0.25) is 19.2 Å². The Balaban J connectivity index is 1.19. The maximum absolute atomic E-state index is 13.9. The van der Waals surface area contributed by atoms with Crippen LogP contribution in [0, 0.1) is 5.92 Å². The Morgan fingerprint density at radius 1 is 1.09 bits per heavy atom. The molecule has 3 N–H and O–H groups in total. The van der Waals surface area contributed by atoms with Gasteiger partial charge in [-0.2, -0.15) is 0 Å². The van der Waals surface area contributed by atoms with E-state index < -0.39 is 20.0 Å². The molecule has 3 aromatic carbocycles. The second kappa shape index (κ2) is 11.5. The number of anilines is 3. The molecular weight excluding hydrogens is 602 g/mol. The molecule has 7 rings (SSSR count). The number of benzene rings is 3. The maximum atomic E-state index is 13.9. The molecule has 4 aromatic rings. The predicted octanol–water partition coefficient (Wildman–Crippen LogP) is 4.30. The summed E-state index contributed by atoms with van der Waals surface area (Å²) in [7, 11) is -2.86. The third-order valence-electron chi connectivity index (χ3n) is 9.63. The lowest BCUT2D eigenvalue weighted by atomic mass is 9.82. The molecule has 11 nitrogen and oxygen atoms in total. The molecule has 5 atom stereocenters. The van der Waals surface area contributed by atoms with E-state index in [-0.39, 0.29) is 42.4 Å². The molecule has 3 aliphatic heterocycles. The number of amides is 2. The van der Waals surface area contributed by atoms with Gasteiger partial charge in [0.05, 0.1) is 30.0 Å². The molecular formula is C34H37N5O6Si. The summed E-state index contributed by atoms with van der Waals surface area (Å²) in [6, 6.07) is 22.5. The van der Waals surface area contributed by atoms with Gasteiger partial charge >= 0.3 is 0 Å². The van der Waals surface area contributed by atoms with Gasteiger partial charge in [-0.25, -0.2) is 0 Å². The lowest BCUT2D eigenvalue weighted by molar-refractivity contribution is -0.143. The molecule has 4 heterocycles. The minimum Gasteiger partial charge on any atom is -0.482 e. The number of fused-ring (bicyclic) bond motifs is 3. The summed E-state index contributed by atoms with van der Waals surface area (Å²) in [6.07, 6.45) is 1.88. The largest absolute Gasteiger partial charge is 0.482 e. The molecule has 0 saturated carbocycles. The fraction of sp³-hybridized carbons (Fsp3) is 0.353. The first kappa shape index (κ1) is 30.3. The van der Waals surface area contributed by atoms with Gasteiger partial charge in [-0.15, -0.1) is 5.10 Å². The highest BCUT2D eigenvalue weighted by molar-refractivity contribution is 6.71. The predicted molar refractivity (Wildman–Crippen MR) is 173 cm³/mol. The number of aromatic nitrogens is 3. The zero-order valence-corrected chi connectivity index (χ0v) is 27.0. The Labute approximate surface area is 267 Å². The molecule has 1 saturated heterocycles. The summed E-state index contributed by atoms with van der Waals surface area (Å²) < 4.78 is 14.2. The third-order valence-corrected chi connectivity index (χ3v) is 12.1. The van der Waals surface area contributed by atoms with Crippen molar-refractivity contribution >= 4 is 37.2 Å². The summed E-state index contributed by atoms with van der Waals surface area (Å²) in [5.74, 6) is -0.529. The number of carbonyl (C=O) groups excluding carboxylic acids is 2. The van der Waals surface area contributed by atoms with Crippen LogP contribution in [-0.4, -0.2) is 64.3 Å². The number of aryl methyl sites for hydroxylation is 1. The van der Waals surface area contributed by atoms with Crippen LogP contribution in [0.4, 0.5) is 17.1 Å². The minimum atomic E-state index is -2.86. The van der Waals surface area contributed by atoms with Crippen LogP contribution < -0.4 is 15.0 Å². The Bertz CT molecular complexity index is 1790. The van der Waals surface area contributed by atoms with Gasteiger partial charge in [0.2, 0.25) is 0 Å². The van der Waals surface area contributed by atoms with Crippen LogP contribution in [-0.2, 0) is 26.5 Å². The molecule has 12 heteroatoms. The van der Waals surface area contributed by atoms with Crippen molar-refractivity contribution in [2.45, 2.75) is 56.1 Å². The van der Waals surface area contributed by atoms with Crippen molar-refractivity contribution in [2.75, 3.05) is 23.4 Å². The quantitative estimate of drug-likeness (QED) is 0.243. The minimum absolute atomic E-state index is 0.0911. The van der Waals surface area contributed by atoms with Crippen LogP contribution in [0.25, 0.3) is 0 Å². The van der Waals surface area contributed by atoms with Crippen molar-refractivity contribution in [1.29, 1.82) is 0 Å². The molecule has 0 aliphatic carbocycles. The summed E-state index contributed by atoms with van der Waals surface area (Å²) in [4.78, 5) is 40.2. The van der Waals surface area contributed by atoms with E-state index in [4.69, 9.17) is 9.47 Å². The Kier molecular flexibility index (Phi) is 7.55. The van der Waals surface area contributed by atoms with Crippen molar-refractivity contribution < 1.29 is 29.0 Å². The molecule has 2 amide bonds. The van der Waals surface area contributed by atoms with Crippen LogP contribution in [0.5, 0.6) is 5.75 Å². The Morgan fingerprint density at radius 3 is 2.61 bits per heavy atom. The van der Waals surface area contributed by atoms with Crippen LogP contribution in [0.2, 0.25) is 18.6 Å². The number of nitrogens with one attached hydrogen (secondary N) is 1. The Morgan fingerprint density at radius 2 is 1.85 bits per heavy atom. The Hall–Kier alpha value is -4.36. The first-order valence-electron chi connectivity index (χ1n) is 15.6. The fourth-order valence-corrected chi connectivity index (χ4v) is 10.2. The van der Waals surface area contributed by atoms with E-state index in [2.05, 4.69) is 15.6 Å². The van der Waals surface area contributed by atoms with E-state index >= 15 is 0 Å². The van der Waals surface area contributed by atoms with E-state index in [0.717, 1.165) is 5.56 Å². The highest BCUT2D eigenvalue weighted by Gasteiger charge is 2.64. The number of nitrogens with zero attached hydrogens (tertiary/aromatic N) is 4. The number of aliphatic hydroxyl groups is 1. The van der Waals surface area contributed by atoms with Gasteiger partial charge in [0.1, 0.15) is 5.75 Å². The monoisotopic (exact) mass is 639 g/mol. The smallest absolute Gasteiger partial charge is 0.269 e. The number of ether oxygens (including phenoxy) is 2. The molecule has 1 spiro atoms. The van der Waals surface area contributed by atoms with Crippen LogP contribution in [0.3, 0.4) is 0 Å². The lowest BCUT2D eigenvalue weighted by Crippen LogP contribution is -2.43. The standard InChI is InChI=1S/C34H37N5O6Si/c1-21-32(46(2,3)43)30(15-16-38-18-27(36-37-38)24(19-40)22-9-5-4-6-10-22)45-34(21)25-17-23(13-14-26(25)35-33(34)42)39-28-11-7-8-12-29(28)44-20-31(39)41/h4-14,17-18,21,24,30,32,40,43H,15-16,19-20H2,1-3H3,(H,35,42)/t21-,24?,30+,32-,34+/m1/s1. The zero-order chi connectivity index (χ0) is 32.2. The molecule has 1 fully saturated rings. The molecule has 1 unspecified atom stereocenters. The third kappa shape index (κ3) is 4.92. The van der Waals surface area contributed by atoms with Gasteiger partial charge < -0.3 is 24.7 Å². The molecule has 0 bridgehead atoms. The average Bonchev–Trinajstić information content (AvgIpc) is 3.71. The van der Waals surface area contributed by atoms with E-state index in [1.165, 1.54) is 0 Å². The molecule has 0 radical (unpaired) electrons.